The van der Waals surface area contributed by atoms with Crippen molar-refractivity contribution in [1.82, 2.24) is 4.90 Å². The number of likely N-dealkylation sites (N-methyl/N-ethyl adjacent to an activating group) is 1. The number of aryl methyl sites for hydroxylation is 1. The molecule has 88 valence electrons. The molecule has 1 aliphatic rings. The van der Waals surface area contributed by atoms with E-state index in [1.165, 1.54) is 30.6 Å². The molecule has 0 radical (unpaired) electrons. The molecule has 1 aromatic rings. The normalized spacial score (nSPS) is 22.1. The van der Waals surface area contributed by atoms with Crippen LogP contribution >= 0.6 is 15.9 Å². The maximum atomic E-state index is 3.63. The smallest absolute Gasteiger partial charge is 0.0489 e. The van der Waals surface area contributed by atoms with Crippen LogP contribution in [0.3, 0.4) is 0 Å². The van der Waals surface area contributed by atoms with Crippen molar-refractivity contribution in [3.05, 3.63) is 28.2 Å². The minimum absolute atomic E-state index is 0.580. The summed E-state index contributed by atoms with van der Waals surface area (Å²) in [5.41, 5.74) is 2.52. The van der Waals surface area contributed by atoms with Crippen molar-refractivity contribution in [2.75, 3.05) is 25.5 Å². The Bertz CT molecular complexity index is 365. The van der Waals surface area contributed by atoms with Crippen LogP contribution in [0.1, 0.15) is 18.4 Å². The van der Waals surface area contributed by atoms with Gasteiger partial charge in [-0.15, -0.1) is 0 Å². The number of anilines is 1. The number of nitrogens with one attached hydrogen (secondary N) is 1. The first kappa shape index (κ1) is 11.9. The van der Waals surface area contributed by atoms with Gasteiger partial charge < -0.3 is 10.2 Å². The number of benzene rings is 1. The van der Waals surface area contributed by atoms with E-state index in [9.17, 15) is 0 Å². The molecule has 0 bridgehead atoms. The molecule has 1 aromatic carbocycles. The maximum Gasteiger partial charge on any atom is 0.0489 e. The molecular formula is C13H19BrN2. The second-order valence-corrected chi connectivity index (χ2v) is 5.58. The summed E-state index contributed by atoms with van der Waals surface area (Å²) < 4.78 is 1.16. The van der Waals surface area contributed by atoms with Crippen molar-refractivity contribution in [2.45, 2.75) is 25.8 Å². The molecule has 16 heavy (non-hydrogen) atoms. The van der Waals surface area contributed by atoms with E-state index in [1.807, 2.05) is 0 Å². The van der Waals surface area contributed by atoms with Crippen LogP contribution in [0.25, 0.3) is 0 Å². The molecular weight excluding hydrogens is 264 g/mol. The van der Waals surface area contributed by atoms with Crippen LogP contribution in [0.2, 0.25) is 0 Å². The third-order valence-corrected chi connectivity index (χ3v) is 3.80. The van der Waals surface area contributed by atoms with Crippen molar-refractivity contribution in [3.63, 3.8) is 0 Å². The van der Waals surface area contributed by atoms with Crippen LogP contribution in [-0.2, 0) is 0 Å². The zero-order valence-electron chi connectivity index (χ0n) is 9.96. The summed E-state index contributed by atoms with van der Waals surface area (Å²) in [5, 5.41) is 3.63. The van der Waals surface area contributed by atoms with E-state index < -0.39 is 0 Å². The minimum atomic E-state index is 0.580. The van der Waals surface area contributed by atoms with Gasteiger partial charge in [0.25, 0.3) is 0 Å². The van der Waals surface area contributed by atoms with Gasteiger partial charge in [0.15, 0.2) is 0 Å². The number of hydrogen-bond acceptors (Lipinski definition) is 2. The van der Waals surface area contributed by atoms with Crippen LogP contribution in [0, 0.1) is 6.92 Å². The number of halogens is 1. The number of likely N-dealkylation sites (tertiary alicyclic amines) is 1. The number of rotatable bonds is 2. The Hall–Kier alpha value is -0.540. The van der Waals surface area contributed by atoms with Gasteiger partial charge in [0.2, 0.25) is 0 Å². The monoisotopic (exact) mass is 282 g/mol. The Labute approximate surface area is 106 Å². The summed E-state index contributed by atoms with van der Waals surface area (Å²) in [4.78, 5) is 2.39. The van der Waals surface area contributed by atoms with Crippen molar-refractivity contribution in [1.29, 1.82) is 0 Å². The van der Waals surface area contributed by atoms with E-state index in [1.54, 1.807) is 0 Å². The van der Waals surface area contributed by atoms with Gasteiger partial charge in [0, 0.05) is 22.7 Å². The zero-order chi connectivity index (χ0) is 11.5. The highest BCUT2D eigenvalue weighted by atomic mass is 79.9. The fourth-order valence-corrected chi connectivity index (χ4v) is 2.61. The summed E-state index contributed by atoms with van der Waals surface area (Å²) in [6.45, 7) is 4.50. The van der Waals surface area contributed by atoms with Gasteiger partial charge >= 0.3 is 0 Å². The third-order valence-electron chi connectivity index (χ3n) is 3.11. The van der Waals surface area contributed by atoms with Crippen molar-refractivity contribution >= 4 is 21.6 Å². The first-order chi connectivity index (χ1) is 7.65. The van der Waals surface area contributed by atoms with Crippen molar-refractivity contribution < 1.29 is 0 Å². The van der Waals surface area contributed by atoms with Gasteiger partial charge in [-0.3, -0.25) is 0 Å². The second kappa shape index (κ2) is 5.19. The van der Waals surface area contributed by atoms with E-state index in [-0.39, 0.29) is 0 Å². The second-order valence-electron chi connectivity index (χ2n) is 4.73. The number of nitrogens with zero attached hydrogens (tertiary/aromatic N) is 1. The summed E-state index contributed by atoms with van der Waals surface area (Å²) in [7, 11) is 2.19. The molecule has 1 fully saturated rings. The average Bonchev–Trinajstić information content (AvgIpc) is 2.24. The van der Waals surface area contributed by atoms with Crippen molar-refractivity contribution in [2.24, 2.45) is 0 Å². The lowest BCUT2D eigenvalue weighted by atomic mass is 10.1. The standard InChI is InChI=1S/C13H19BrN2/c1-10-5-6-12(14)13(8-10)15-11-4-3-7-16(2)9-11/h5-6,8,11,15H,3-4,7,9H2,1-2H3. The molecule has 1 saturated heterocycles. The fraction of sp³-hybridized carbons (Fsp3) is 0.538. The molecule has 1 heterocycles. The summed E-state index contributed by atoms with van der Waals surface area (Å²) in [6.07, 6.45) is 2.56. The topological polar surface area (TPSA) is 15.3 Å². The highest BCUT2D eigenvalue weighted by Gasteiger charge is 2.17. The van der Waals surface area contributed by atoms with Gasteiger partial charge in [-0.2, -0.15) is 0 Å². The Balaban J connectivity index is 2.05. The molecule has 2 nitrogen and oxygen atoms in total. The molecule has 0 saturated carbocycles. The highest BCUT2D eigenvalue weighted by Crippen LogP contribution is 2.25. The van der Waals surface area contributed by atoms with Crippen LogP contribution in [-0.4, -0.2) is 31.1 Å². The van der Waals surface area contributed by atoms with E-state index in [4.69, 9.17) is 0 Å². The summed E-state index contributed by atoms with van der Waals surface area (Å²) in [6, 6.07) is 7.03. The van der Waals surface area contributed by atoms with Gasteiger partial charge in [-0.1, -0.05) is 6.07 Å². The molecule has 1 atom stereocenters. The van der Waals surface area contributed by atoms with Crippen LogP contribution < -0.4 is 5.32 Å². The largest absolute Gasteiger partial charge is 0.380 e. The lowest BCUT2D eigenvalue weighted by Crippen LogP contribution is -2.39. The van der Waals surface area contributed by atoms with E-state index in [0.717, 1.165) is 11.0 Å². The predicted octanol–water partition coefficient (Wildman–Crippen LogP) is 3.26. The molecule has 2 rings (SSSR count). The molecule has 1 unspecified atom stereocenters. The summed E-state index contributed by atoms with van der Waals surface area (Å²) >= 11 is 3.60. The number of piperidine rings is 1. The molecule has 0 aliphatic carbocycles. The van der Waals surface area contributed by atoms with Crippen LogP contribution in [0.5, 0.6) is 0 Å². The van der Waals surface area contributed by atoms with Gasteiger partial charge in [0.1, 0.15) is 0 Å². The average molecular weight is 283 g/mol. The zero-order valence-corrected chi connectivity index (χ0v) is 11.5. The maximum absolute atomic E-state index is 3.63. The van der Waals surface area contributed by atoms with E-state index in [2.05, 4.69) is 58.3 Å². The van der Waals surface area contributed by atoms with Crippen molar-refractivity contribution in [3.8, 4) is 0 Å². The number of hydrogen-bond donors (Lipinski definition) is 1. The quantitative estimate of drug-likeness (QED) is 0.896. The molecule has 1 aliphatic heterocycles. The van der Waals surface area contributed by atoms with Gasteiger partial charge in [0.05, 0.1) is 0 Å². The molecule has 3 heteroatoms. The highest BCUT2D eigenvalue weighted by molar-refractivity contribution is 9.10. The summed E-state index contributed by atoms with van der Waals surface area (Å²) in [5.74, 6) is 0. The van der Waals surface area contributed by atoms with Crippen LogP contribution in [0.15, 0.2) is 22.7 Å². The minimum Gasteiger partial charge on any atom is -0.380 e. The molecule has 0 spiro atoms. The lowest BCUT2D eigenvalue weighted by molar-refractivity contribution is 0.261. The Morgan fingerprint density at radius 1 is 1.44 bits per heavy atom. The van der Waals surface area contributed by atoms with E-state index in [0.29, 0.717) is 6.04 Å². The Kier molecular flexibility index (Phi) is 3.87. The Morgan fingerprint density at radius 2 is 2.25 bits per heavy atom. The fourth-order valence-electron chi connectivity index (χ4n) is 2.25. The van der Waals surface area contributed by atoms with Gasteiger partial charge in [-0.25, -0.2) is 0 Å². The molecule has 0 aromatic heterocycles. The third kappa shape index (κ3) is 2.98. The molecule has 0 amide bonds. The first-order valence-electron chi connectivity index (χ1n) is 5.86. The SMILES string of the molecule is Cc1ccc(Br)c(NC2CCCN(C)C2)c1. The first-order valence-corrected chi connectivity index (χ1v) is 6.65. The molecule has 1 N–H and O–H groups in total. The predicted molar refractivity (Wildman–Crippen MR) is 73.0 cm³/mol. The Morgan fingerprint density at radius 3 is 3.00 bits per heavy atom. The van der Waals surface area contributed by atoms with Crippen LogP contribution in [0.4, 0.5) is 5.69 Å². The van der Waals surface area contributed by atoms with E-state index >= 15 is 0 Å². The van der Waals surface area contributed by atoms with Gasteiger partial charge in [-0.05, 0) is 67.0 Å². The lowest BCUT2D eigenvalue weighted by Gasteiger charge is -2.31.